The zero-order valence-electron chi connectivity index (χ0n) is 10.1. The van der Waals surface area contributed by atoms with Crippen molar-refractivity contribution < 1.29 is 19.7 Å². The number of rotatable bonds is 6. The van der Waals surface area contributed by atoms with Crippen LogP contribution >= 0.6 is 0 Å². The molecule has 4 nitrogen and oxygen atoms in total. The molecular weight excluding hydrogens is 220 g/mol. The van der Waals surface area contributed by atoms with Crippen LogP contribution in [0.25, 0.3) is 0 Å². The van der Waals surface area contributed by atoms with Crippen molar-refractivity contribution >= 4 is 5.97 Å². The van der Waals surface area contributed by atoms with Crippen molar-refractivity contribution in [2.24, 2.45) is 5.92 Å². The number of benzene rings is 1. The molecule has 0 saturated carbocycles. The topological polar surface area (TPSA) is 66.8 Å². The maximum absolute atomic E-state index is 11.0. The van der Waals surface area contributed by atoms with E-state index < -0.39 is 12.1 Å². The van der Waals surface area contributed by atoms with Crippen molar-refractivity contribution in [2.45, 2.75) is 26.4 Å². The average molecular weight is 238 g/mol. The van der Waals surface area contributed by atoms with Crippen molar-refractivity contribution in [3.05, 3.63) is 29.8 Å². The number of carboxylic acids is 1. The van der Waals surface area contributed by atoms with Gasteiger partial charge in [0.1, 0.15) is 5.75 Å². The van der Waals surface area contributed by atoms with Gasteiger partial charge in [0.05, 0.1) is 0 Å². The van der Waals surface area contributed by atoms with Gasteiger partial charge in [0.25, 0.3) is 0 Å². The van der Waals surface area contributed by atoms with Crippen molar-refractivity contribution in [1.29, 1.82) is 0 Å². The number of hydrogen-bond acceptors (Lipinski definition) is 3. The molecule has 0 fully saturated rings. The predicted octanol–water partition coefficient (Wildman–Crippen LogP) is 1.71. The van der Waals surface area contributed by atoms with Crippen LogP contribution in [0.4, 0.5) is 0 Å². The SMILES string of the molecule is CC(C)C(Oc1ccccc1CCO)C(=O)O. The first-order valence-corrected chi connectivity index (χ1v) is 5.64. The zero-order valence-corrected chi connectivity index (χ0v) is 10.1. The van der Waals surface area contributed by atoms with Crippen LogP contribution in [0.3, 0.4) is 0 Å². The molecule has 4 heteroatoms. The Labute approximate surface area is 101 Å². The van der Waals surface area contributed by atoms with Gasteiger partial charge in [-0.15, -0.1) is 0 Å². The number of aliphatic hydroxyl groups excluding tert-OH is 1. The first kappa shape index (κ1) is 13.5. The molecule has 94 valence electrons. The van der Waals surface area contributed by atoms with Gasteiger partial charge < -0.3 is 14.9 Å². The van der Waals surface area contributed by atoms with Crippen LogP contribution in [0.15, 0.2) is 24.3 Å². The van der Waals surface area contributed by atoms with Crippen molar-refractivity contribution in [3.8, 4) is 5.75 Å². The number of hydrogen-bond donors (Lipinski definition) is 2. The highest BCUT2D eigenvalue weighted by Gasteiger charge is 2.24. The Kier molecular flexibility index (Phi) is 4.97. The van der Waals surface area contributed by atoms with E-state index in [-0.39, 0.29) is 12.5 Å². The van der Waals surface area contributed by atoms with E-state index in [4.69, 9.17) is 14.9 Å². The fourth-order valence-corrected chi connectivity index (χ4v) is 1.55. The summed E-state index contributed by atoms with van der Waals surface area (Å²) in [5.74, 6) is -0.559. The third-order valence-electron chi connectivity index (χ3n) is 2.46. The Morgan fingerprint density at radius 2 is 2.00 bits per heavy atom. The summed E-state index contributed by atoms with van der Waals surface area (Å²) in [6.07, 6.45) is -0.407. The molecule has 0 amide bonds. The molecule has 1 rings (SSSR count). The van der Waals surface area contributed by atoms with E-state index in [1.807, 2.05) is 12.1 Å². The van der Waals surface area contributed by atoms with Gasteiger partial charge in [0.2, 0.25) is 0 Å². The van der Waals surface area contributed by atoms with Crippen molar-refractivity contribution in [3.63, 3.8) is 0 Å². The smallest absolute Gasteiger partial charge is 0.345 e. The first-order valence-electron chi connectivity index (χ1n) is 5.64. The Balaban J connectivity index is 2.88. The fourth-order valence-electron chi connectivity index (χ4n) is 1.55. The van der Waals surface area contributed by atoms with E-state index in [0.717, 1.165) is 5.56 Å². The van der Waals surface area contributed by atoms with Gasteiger partial charge in [0, 0.05) is 12.5 Å². The molecule has 1 atom stereocenters. The van der Waals surface area contributed by atoms with Gasteiger partial charge in [0.15, 0.2) is 6.10 Å². The molecule has 0 aromatic heterocycles. The number of aliphatic carboxylic acids is 1. The molecular formula is C13H18O4. The molecule has 0 spiro atoms. The van der Waals surface area contributed by atoms with Crippen LogP contribution in [0.5, 0.6) is 5.75 Å². The van der Waals surface area contributed by atoms with Gasteiger partial charge in [-0.25, -0.2) is 4.79 Å². The number of carbonyl (C=O) groups is 1. The molecule has 0 saturated heterocycles. The highest BCUT2D eigenvalue weighted by Crippen LogP contribution is 2.22. The summed E-state index contributed by atoms with van der Waals surface area (Å²) in [6.45, 7) is 3.61. The minimum Gasteiger partial charge on any atom is -0.478 e. The quantitative estimate of drug-likeness (QED) is 0.791. The van der Waals surface area contributed by atoms with E-state index in [1.165, 1.54) is 0 Å². The third kappa shape index (κ3) is 3.75. The standard InChI is InChI=1S/C13H18O4/c1-9(2)12(13(15)16)17-11-6-4-3-5-10(11)7-8-14/h3-6,9,12,14H,7-8H2,1-2H3,(H,15,16). The first-order chi connectivity index (χ1) is 8.06. The van der Waals surface area contributed by atoms with Gasteiger partial charge in [-0.1, -0.05) is 32.0 Å². The molecule has 1 unspecified atom stereocenters. The van der Waals surface area contributed by atoms with Crippen LogP contribution in [0, 0.1) is 5.92 Å². The minimum absolute atomic E-state index is 0.0137. The molecule has 0 bridgehead atoms. The van der Waals surface area contributed by atoms with E-state index in [1.54, 1.807) is 26.0 Å². The van der Waals surface area contributed by atoms with Crippen molar-refractivity contribution in [1.82, 2.24) is 0 Å². The van der Waals surface area contributed by atoms with Crippen LogP contribution in [0.1, 0.15) is 19.4 Å². The Bertz CT molecular complexity index is 373. The van der Waals surface area contributed by atoms with Gasteiger partial charge in [-0.3, -0.25) is 0 Å². The number of para-hydroxylation sites is 1. The fraction of sp³-hybridized carbons (Fsp3) is 0.462. The molecule has 0 radical (unpaired) electrons. The highest BCUT2D eigenvalue weighted by atomic mass is 16.5. The lowest BCUT2D eigenvalue weighted by molar-refractivity contribution is -0.147. The number of ether oxygens (including phenoxy) is 1. The second kappa shape index (κ2) is 6.25. The summed E-state index contributed by atoms with van der Waals surface area (Å²) < 4.78 is 5.51. The predicted molar refractivity (Wildman–Crippen MR) is 64.1 cm³/mol. The molecule has 0 aliphatic carbocycles. The van der Waals surface area contributed by atoms with E-state index >= 15 is 0 Å². The number of carboxylic acid groups (broad SMARTS) is 1. The summed E-state index contributed by atoms with van der Waals surface area (Å²) in [7, 11) is 0. The molecule has 0 aliphatic rings. The average Bonchev–Trinajstić information content (AvgIpc) is 2.27. The lowest BCUT2D eigenvalue weighted by Crippen LogP contribution is -2.32. The Hall–Kier alpha value is -1.55. The van der Waals surface area contributed by atoms with Crippen LogP contribution < -0.4 is 4.74 Å². The van der Waals surface area contributed by atoms with Crippen LogP contribution in [-0.4, -0.2) is 28.9 Å². The van der Waals surface area contributed by atoms with E-state index in [9.17, 15) is 4.79 Å². The Morgan fingerprint density at radius 1 is 1.35 bits per heavy atom. The molecule has 2 N–H and O–H groups in total. The third-order valence-corrected chi connectivity index (χ3v) is 2.46. The summed E-state index contributed by atoms with van der Waals surface area (Å²) in [4.78, 5) is 11.0. The maximum atomic E-state index is 11.0. The number of aliphatic hydroxyl groups is 1. The van der Waals surface area contributed by atoms with Crippen LogP contribution in [0.2, 0.25) is 0 Å². The zero-order chi connectivity index (χ0) is 12.8. The molecule has 1 aromatic rings. The lowest BCUT2D eigenvalue weighted by Gasteiger charge is -2.20. The summed E-state index contributed by atoms with van der Waals surface area (Å²) in [5, 5.41) is 18.0. The molecule has 0 aliphatic heterocycles. The summed E-state index contributed by atoms with van der Waals surface area (Å²) >= 11 is 0. The van der Waals surface area contributed by atoms with Gasteiger partial charge in [-0.2, -0.15) is 0 Å². The molecule has 0 heterocycles. The second-order valence-corrected chi connectivity index (χ2v) is 4.20. The normalized spacial score (nSPS) is 12.5. The maximum Gasteiger partial charge on any atom is 0.345 e. The van der Waals surface area contributed by atoms with Crippen LogP contribution in [-0.2, 0) is 11.2 Å². The van der Waals surface area contributed by atoms with Crippen molar-refractivity contribution in [2.75, 3.05) is 6.61 Å². The second-order valence-electron chi connectivity index (χ2n) is 4.20. The largest absolute Gasteiger partial charge is 0.478 e. The Morgan fingerprint density at radius 3 is 2.53 bits per heavy atom. The van der Waals surface area contributed by atoms with E-state index in [2.05, 4.69) is 0 Å². The minimum atomic E-state index is -0.973. The summed E-state index contributed by atoms with van der Waals surface area (Å²) in [6, 6.07) is 7.17. The molecule has 1 aromatic carbocycles. The van der Waals surface area contributed by atoms with Gasteiger partial charge >= 0.3 is 5.97 Å². The van der Waals surface area contributed by atoms with E-state index in [0.29, 0.717) is 12.2 Å². The lowest BCUT2D eigenvalue weighted by atomic mass is 10.1. The summed E-state index contributed by atoms with van der Waals surface area (Å²) in [5.41, 5.74) is 0.821. The monoisotopic (exact) mass is 238 g/mol. The highest BCUT2D eigenvalue weighted by molar-refractivity contribution is 5.73. The molecule has 17 heavy (non-hydrogen) atoms. The van der Waals surface area contributed by atoms with Gasteiger partial charge in [-0.05, 0) is 18.1 Å².